The highest BCUT2D eigenvalue weighted by Gasteiger charge is 2.16. The van der Waals surface area contributed by atoms with Gasteiger partial charge in [0.15, 0.2) is 11.6 Å². The molecular weight excluding hydrogens is 227 g/mol. The maximum atomic E-state index is 13.3. The van der Waals surface area contributed by atoms with E-state index < -0.39 is 10.7 Å². The molecule has 2 aromatic rings. The van der Waals surface area contributed by atoms with Crippen LogP contribution in [0.25, 0.3) is 0 Å². The first-order valence-electron chi connectivity index (χ1n) is 4.69. The maximum Gasteiger partial charge on any atom is 0.329 e. The fourth-order valence-corrected chi connectivity index (χ4v) is 1.24. The number of rotatable bonds is 3. The van der Waals surface area contributed by atoms with Crippen molar-refractivity contribution >= 4 is 5.69 Å². The Morgan fingerprint density at radius 2 is 2.00 bits per heavy atom. The number of para-hydroxylation sites is 1. The van der Waals surface area contributed by atoms with Crippen molar-refractivity contribution in [3.8, 4) is 11.5 Å². The summed E-state index contributed by atoms with van der Waals surface area (Å²) in [5, 5.41) is 10.7. The summed E-state index contributed by atoms with van der Waals surface area (Å²) >= 11 is 0. The number of hydrogen-bond acceptors (Lipinski definition) is 4. The molecule has 6 heteroatoms. The monoisotopic (exact) mass is 234 g/mol. The van der Waals surface area contributed by atoms with Crippen LogP contribution in [0.2, 0.25) is 0 Å². The first-order chi connectivity index (χ1) is 8.18. The molecule has 2 rings (SSSR count). The lowest BCUT2D eigenvalue weighted by molar-refractivity contribution is -0.386. The van der Waals surface area contributed by atoms with Gasteiger partial charge in [-0.25, -0.2) is 4.39 Å². The summed E-state index contributed by atoms with van der Waals surface area (Å²) in [7, 11) is 0. The summed E-state index contributed by atoms with van der Waals surface area (Å²) in [5.74, 6) is -0.699. The molecule has 0 N–H and O–H groups in total. The van der Waals surface area contributed by atoms with Gasteiger partial charge in [0, 0.05) is 12.3 Å². The third-order valence-corrected chi connectivity index (χ3v) is 2.01. The van der Waals surface area contributed by atoms with Gasteiger partial charge in [-0.05, 0) is 12.1 Å². The second-order valence-electron chi connectivity index (χ2n) is 3.13. The number of aromatic nitrogens is 1. The van der Waals surface area contributed by atoms with Crippen LogP contribution in [0, 0.1) is 15.9 Å². The Labute approximate surface area is 95.6 Å². The van der Waals surface area contributed by atoms with Crippen LogP contribution in [-0.4, -0.2) is 9.91 Å². The van der Waals surface area contributed by atoms with Gasteiger partial charge in [0.1, 0.15) is 6.20 Å². The smallest absolute Gasteiger partial charge is 0.329 e. The molecule has 0 fully saturated rings. The molecule has 0 saturated carbocycles. The fourth-order valence-electron chi connectivity index (χ4n) is 1.24. The van der Waals surface area contributed by atoms with E-state index in [-0.39, 0.29) is 17.2 Å². The van der Waals surface area contributed by atoms with Gasteiger partial charge in [-0.3, -0.25) is 15.1 Å². The van der Waals surface area contributed by atoms with E-state index in [1.165, 1.54) is 30.5 Å². The predicted molar refractivity (Wildman–Crippen MR) is 57.4 cm³/mol. The summed E-state index contributed by atoms with van der Waals surface area (Å²) in [6.45, 7) is 0. The fraction of sp³-hybridized carbons (Fsp3) is 0. The minimum Gasteiger partial charge on any atom is -0.447 e. The van der Waals surface area contributed by atoms with E-state index in [4.69, 9.17) is 4.74 Å². The van der Waals surface area contributed by atoms with E-state index in [1.807, 2.05) is 0 Å². The molecule has 17 heavy (non-hydrogen) atoms. The third kappa shape index (κ3) is 2.36. The molecular formula is C11H7FN2O3. The number of halogens is 1. The number of nitro groups is 1. The van der Waals surface area contributed by atoms with Gasteiger partial charge in [0.25, 0.3) is 0 Å². The summed E-state index contributed by atoms with van der Waals surface area (Å²) in [6, 6.07) is 6.99. The molecule has 0 amide bonds. The minimum atomic E-state index is -0.636. The average molecular weight is 234 g/mol. The van der Waals surface area contributed by atoms with Gasteiger partial charge in [-0.1, -0.05) is 12.1 Å². The van der Waals surface area contributed by atoms with Gasteiger partial charge < -0.3 is 4.74 Å². The summed E-state index contributed by atoms with van der Waals surface area (Å²) in [4.78, 5) is 13.7. The zero-order valence-corrected chi connectivity index (χ0v) is 8.54. The quantitative estimate of drug-likeness (QED) is 0.605. The van der Waals surface area contributed by atoms with E-state index in [2.05, 4.69) is 4.98 Å². The van der Waals surface area contributed by atoms with Crippen molar-refractivity contribution in [2.45, 2.75) is 0 Å². The summed E-state index contributed by atoms with van der Waals surface area (Å²) in [5.41, 5.74) is -0.309. The normalized spacial score (nSPS) is 9.94. The number of ether oxygens (including phenoxy) is 1. The lowest BCUT2D eigenvalue weighted by Gasteiger charge is -2.05. The summed E-state index contributed by atoms with van der Waals surface area (Å²) in [6.07, 6.45) is 2.39. The molecule has 1 heterocycles. The largest absolute Gasteiger partial charge is 0.447 e. The van der Waals surface area contributed by atoms with Crippen LogP contribution in [0.3, 0.4) is 0 Å². The SMILES string of the molecule is O=[N+]([O-])c1cnccc1Oc1ccccc1F. The Hall–Kier alpha value is -2.50. The standard InChI is InChI=1S/C11H7FN2O3/c12-8-3-1-2-4-10(8)17-11-5-6-13-7-9(11)14(15)16/h1-7H. The van der Waals surface area contributed by atoms with E-state index >= 15 is 0 Å². The van der Waals surface area contributed by atoms with Crippen LogP contribution in [0.1, 0.15) is 0 Å². The molecule has 1 aromatic heterocycles. The molecule has 0 bridgehead atoms. The van der Waals surface area contributed by atoms with E-state index in [9.17, 15) is 14.5 Å². The topological polar surface area (TPSA) is 65.3 Å². The Bertz CT molecular complexity index is 560. The molecule has 0 radical (unpaired) electrons. The van der Waals surface area contributed by atoms with Crippen LogP contribution in [0.5, 0.6) is 11.5 Å². The number of nitrogens with zero attached hydrogens (tertiary/aromatic N) is 2. The van der Waals surface area contributed by atoms with Crippen LogP contribution in [-0.2, 0) is 0 Å². The highest BCUT2D eigenvalue weighted by molar-refractivity contribution is 5.45. The first kappa shape index (κ1) is 11.0. The van der Waals surface area contributed by atoms with Crippen molar-refractivity contribution in [3.05, 3.63) is 58.7 Å². The minimum absolute atomic E-state index is 0.0462. The second kappa shape index (κ2) is 4.56. The van der Waals surface area contributed by atoms with E-state index in [0.717, 1.165) is 6.20 Å². The Morgan fingerprint density at radius 1 is 1.24 bits per heavy atom. The van der Waals surface area contributed by atoms with Crippen LogP contribution < -0.4 is 4.74 Å². The Kier molecular flexibility index (Phi) is 2.95. The number of hydrogen-bond donors (Lipinski definition) is 0. The zero-order chi connectivity index (χ0) is 12.3. The molecule has 0 saturated heterocycles. The van der Waals surface area contributed by atoms with Gasteiger partial charge in [-0.15, -0.1) is 0 Å². The van der Waals surface area contributed by atoms with Crippen molar-refractivity contribution in [1.29, 1.82) is 0 Å². The van der Waals surface area contributed by atoms with Gasteiger partial charge in [-0.2, -0.15) is 0 Å². The van der Waals surface area contributed by atoms with Gasteiger partial charge in [0.05, 0.1) is 4.92 Å². The van der Waals surface area contributed by atoms with Crippen molar-refractivity contribution in [1.82, 2.24) is 4.98 Å². The van der Waals surface area contributed by atoms with Crippen molar-refractivity contribution in [3.63, 3.8) is 0 Å². The van der Waals surface area contributed by atoms with Crippen LogP contribution in [0.4, 0.5) is 10.1 Å². The number of benzene rings is 1. The second-order valence-corrected chi connectivity index (χ2v) is 3.13. The molecule has 1 aromatic carbocycles. The van der Waals surface area contributed by atoms with Crippen molar-refractivity contribution in [2.24, 2.45) is 0 Å². The molecule has 0 spiro atoms. The molecule has 86 valence electrons. The van der Waals surface area contributed by atoms with Crippen molar-refractivity contribution < 1.29 is 14.1 Å². The maximum absolute atomic E-state index is 13.3. The zero-order valence-electron chi connectivity index (χ0n) is 8.54. The highest BCUT2D eigenvalue weighted by atomic mass is 19.1. The first-order valence-corrected chi connectivity index (χ1v) is 4.69. The predicted octanol–water partition coefficient (Wildman–Crippen LogP) is 2.92. The third-order valence-electron chi connectivity index (χ3n) is 2.01. The van der Waals surface area contributed by atoms with Crippen molar-refractivity contribution in [2.75, 3.05) is 0 Å². The molecule has 0 unspecified atom stereocenters. The van der Waals surface area contributed by atoms with Crippen LogP contribution in [0.15, 0.2) is 42.7 Å². The average Bonchev–Trinajstić information content (AvgIpc) is 2.32. The summed E-state index contributed by atoms with van der Waals surface area (Å²) < 4.78 is 18.4. The number of pyridine rings is 1. The molecule has 0 aliphatic rings. The lowest BCUT2D eigenvalue weighted by atomic mass is 10.3. The Morgan fingerprint density at radius 3 is 2.71 bits per heavy atom. The molecule has 0 aliphatic carbocycles. The van der Waals surface area contributed by atoms with E-state index in [1.54, 1.807) is 6.07 Å². The Balaban J connectivity index is 2.37. The van der Waals surface area contributed by atoms with Crippen LogP contribution >= 0.6 is 0 Å². The highest BCUT2D eigenvalue weighted by Crippen LogP contribution is 2.30. The molecule has 0 aliphatic heterocycles. The molecule has 5 nitrogen and oxygen atoms in total. The molecule has 0 atom stereocenters. The van der Waals surface area contributed by atoms with E-state index in [0.29, 0.717) is 0 Å². The van der Waals surface area contributed by atoms with Gasteiger partial charge >= 0.3 is 5.69 Å². The lowest BCUT2D eigenvalue weighted by Crippen LogP contribution is -1.95. The van der Waals surface area contributed by atoms with Gasteiger partial charge in [0.2, 0.25) is 5.75 Å².